The predicted molar refractivity (Wildman–Crippen MR) is 164 cm³/mol. The Balaban J connectivity index is 1.57. The SMILES string of the molecule is Cc1nn(C)cc1-c1nc(C)c(CC(=O)O)c(N2CCC(C)(C)CC2)c1-c1ccc(OCCc2ccc(F)cc2)cc1. The third kappa shape index (κ3) is 6.48. The Kier molecular flexibility index (Phi) is 8.34. The number of halogens is 1. The van der Waals surface area contributed by atoms with Gasteiger partial charge in [-0.3, -0.25) is 14.5 Å². The first-order valence-corrected chi connectivity index (χ1v) is 14.5. The quantitative estimate of drug-likeness (QED) is 0.239. The number of carboxylic acid groups (broad SMARTS) is 1. The topological polar surface area (TPSA) is 80.5 Å². The van der Waals surface area contributed by atoms with Crippen molar-refractivity contribution in [3.05, 3.63) is 83.1 Å². The molecule has 0 atom stereocenters. The van der Waals surface area contributed by atoms with Crippen LogP contribution >= 0.6 is 0 Å². The van der Waals surface area contributed by atoms with Gasteiger partial charge in [0.05, 0.1) is 30.1 Å². The summed E-state index contributed by atoms with van der Waals surface area (Å²) in [6.07, 6.45) is 4.58. The number of nitrogens with zero attached hydrogens (tertiary/aromatic N) is 4. The van der Waals surface area contributed by atoms with Gasteiger partial charge in [0, 0.05) is 55.1 Å². The Labute approximate surface area is 247 Å². The summed E-state index contributed by atoms with van der Waals surface area (Å²) in [5.41, 5.74) is 8.13. The molecule has 5 rings (SSSR count). The first kappa shape index (κ1) is 29.3. The number of hydrogen-bond donors (Lipinski definition) is 1. The summed E-state index contributed by atoms with van der Waals surface area (Å²) in [6, 6.07) is 14.4. The van der Waals surface area contributed by atoms with Crippen molar-refractivity contribution in [2.75, 3.05) is 24.6 Å². The van der Waals surface area contributed by atoms with Gasteiger partial charge in [-0.05, 0) is 67.5 Å². The van der Waals surface area contributed by atoms with Crippen LogP contribution in [0.3, 0.4) is 0 Å². The molecule has 0 spiro atoms. The van der Waals surface area contributed by atoms with Crippen LogP contribution in [-0.4, -0.2) is 45.5 Å². The van der Waals surface area contributed by atoms with E-state index in [4.69, 9.17) is 9.72 Å². The predicted octanol–water partition coefficient (Wildman–Crippen LogP) is 6.78. The average molecular weight is 571 g/mol. The number of carbonyl (C=O) groups is 1. The van der Waals surface area contributed by atoms with Crippen molar-refractivity contribution >= 4 is 11.7 Å². The number of aliphatic carboxylic acids is 1. The van der Waals surface area contributed by atoms with E-state index in [0.717, 1.165) is 82.3 Å². The molecule has 3 heterocycles. The number of hydrogen-bond acceptors (Lipinski definition) is 5. The van der Waals surface area contributed by atoms with Gasteiger partial charge < -0.3 is 14.7 Å². The van der Waals surface area contributed by atoms with Crippen molar-refractivity contribution in [3.63, 3.8) is 0 Å². The van der Waals surface area contributed by atoms with Gasteiger partial charge in [0.2, 0.25) is 0 Å². The van der Waals surface area contributed by atoms with Crippen molar-refractivity contribution in [2.45, 2.75) is 53.4 Å². The fourth-order valence-corrected chi connectivity index (χ4v) is 5.73. The zero-order valence-corrected chi connectivity index (χ0v) is 25.1. The molecule has 2 aromatic heterocycles. The van der Waals surface area contributed by atoms with Gasteiger partial charge in [0.1, 0.15) is 11.6 Å². The van der Waals surface area contributed by atoms with E-state index in [-0.39, 0.29) is 17.7 Å². The number of piperidine rings is 1. The average Bonchev–Trinajstić information content (AvgIpc) is 3.28. The van der Waals surface area contributed by atoms with Crippen molar-refractivity contribution in [3.8, 4) is 28.1 Å². The molecule has 0 radical (unpaired) electrons. The molecule has 0 aliphatic carbocycles. The second-order valence-corrected chi connectivity index (χ2v) is 12.0. The lowest BCUT2D eigenvalue weighted by Crippen LogP contribution is -2.38. The molecule has 0 saturated carbocycles. The van der Waals surface area contributed by atoms with Crippen LogP contribution < -0.4 is 9.64 Å². The first-order valence-electron chi connectivity index (χ1n) is 14.5. The minimum atomic E-state index is -0.875. The van der Waals surface area contributed by atoms with Gasteiger partial charge in [-0.15, -0.1) is 0 Å². The van der Waals surface area contributed by atoms with Crippen LogP contribution in [0.2, 0.25) is 0 Å². The van der Waals surface area contributed by atoms with Gasteiger partial charge in [0.25, 0.3) is 0 Å². The number of ether oxygens (including phenoxy) is 1. The zero-order valence-electron chi connectivity index (χ0n) is 25.1. The summed E-state index contributed by atoms with van der Waals surface area (Å²) < 4.78 is 21.0. The number of aryl methyl sites for hydroxylation is 3. The summed E-state index contributed by atoms with van der Waals surface area (Å²) in [5, 5.41) is 14.5. The highest BCUT2D eigenvalue weighted by molar-refractivity contribution is 5.94. The molecule has 0 unspecified atom stereocenters. The lowest BCUT2D eigenvalue weighted by atomic mass is 9.81. The Morgan fingerprint density at radius 1 is 1.02 bits per heavy atom. The molecule has 8 heteroatoms. The first-order chi connectivity index (χ1) is 20.0. The fraction of sp³-hybridized carbons (Fsp3) is 0.382. The van der Waals surface area contributed by atoms with Gasteiger partial charge in [0.15, 0.2) is 0 Å². The van der Waals surface area contributed by atoms with Crippen LogP contribution in [0.25, 0.3) is 22.4 Å². The second kappa shape index (κ2) is 12.0. The summed E-state index contributed by atoms with van der Waals surface area (Å²) in [7, 11) is 1.90. The Morgan fingerprint density at radius 3 is 2.29 bits per heavy atom. The summed E-state index contributed by atoms with van der Waals surface area (Å²) in [5.74, 6) is -0.396. The van der Waals surface area contributed by atoms with Gasteiger partial charge in [-0.1, -0.05) is 38.1 Å². The number of carboxylic acids is 1. The smallest absolute Gasteiger partial charge is 0.307 e. The maximum atomic E-state index is 13.2. The lowest BCUT2D eigenvalue weighted by molar-refractivity contribution is -0.136. The van der Waals surface area contributed by atoms with E-state index in [1.807, 2.05) is 51.4 Å². The Morgan fingerprint density at radius 2 is 1.69 bits per heavy atom. The normalized spacial score (nSPS) is 14.7. The highest BCUT2D eigenvalue weighted by Gasteiger charge is 2.31. The van der Waals surface area contributed by atoms with E-state index in [9.17, 15) is 14.3 Å². The molecule has 7 nitrogen and oxygen atoms in total. The van der Waals surface area contributed by atoms with Gasteiger partial charge >= 0.3 is 5.97 Å². The molecule has 0 bridgehead atoms. The van der Waals surface area contributed by atoms with Crippen LogP contribution in [0.1, 0.15) is 49.2 Å². The van der Waals surface area contributed by atoms with Crippen LogP contribution in [0.4, 0.5) is 10.1 Å². The van der Waals surface area contributed by atoms with E-state index in [0.29, 0.717) is 13.0 Å². The lowest BCUT2D eigenvalue weighted by Gasteiger charge is -2.40. The van der Waals surface area contributed by atoms with Gasteiger partial charge in [-0.2, -0.15) is 5.10 Å². The number of anilines is 1. The van der Waals surface area contributed by atoms with Crippen LogP contribution in [0.15, 0.2) is 54.7 Å². The van der Waals surface area contributed by atoms with Gasteiger partial charge in [-0.25, -0.2) is 4.39 Å². The van der Waals surface area contributed by atoms with Crippen LogP contribution in [0.5, 0.6) is 5.75 Å². The molecule has 4 aromatic rings. The van der Waals surface area contributed by atoms with E-state index in [1.54, 1.807) is 16.8 Å². The molecule has 42 heavy (non-hydrogen) atoms. The zero-order chi connectivity index (χ0) is 30.0. The van der Waals surface area contributed by atoms with E-state index >= 15 is 0 Å². The molecular weight excluding hydrogens is 531 g/mol. The largest absolute Gasteiger partial charge is 0.493 e. The monoisotopic (exact) mass is 570 g/mol. The maximum Gasteiger partial charge on any atom is 0.307 e. The fourth-order valence-electron chi connectivity index (χ4n) is 5.73. The Bertz CT molecular complexity index is 1570. The summed E-state index contributed by atoms with van der Waals surface area (Å²) in [6.45, 7) is 10.6. The van der Waals surface area contributed by atoms with E-state index in [2.05, 4.69) is 23.8 Å². The third-order valence-electron chi connectivity index (χ3n) is 8.22. The van der Waals surface area contributed by atoms with Crippen molar-refractivity contribution < 1.29 is 19.0 Å². The number of aromatic nitrogens is 3. The number of rotatable bonds is 9. The van der Waals surface area contributed by atoms with Crippen LogP contribution in [-0.2, 0) is 24.7 Å². The maximum absolute atomic E-state index is 13.2. The highest BCUT2D eigenvalue weighted by atomic mass is 19.1. The molecule has 220 valence electrons. The summed E-state index contributed by atoms with van der Waals surface area (Å²) in [4.78, 5) is 19.5. The molecule has 1 aliphatic rings. The van der Waals surface area contributed by atoms with Crippen molar-refractivity contribution in [1.82, 2.24) is 14.8 Å². The third-order valence-corrected chi connectivity index (χ3v) is 8.22. The van der Waals surface area contributed by atoms with Crippen molar-refractivity contribution in [2.24, 2.45) is 12.5 Å². The molecule has 1 N–H and O–H groups in total. The number of pyridine rings is 1. The van der Waals surface area contributed by atoms with Crippen LogP contribution in [0, 0.1) is 25.1 Å². The van der Waals surface area contributed by atoms with E-state index < -0.39 is 5.97 Å². The highest BCUT2D eigenvalue weighted by Crippen LogP contribution is 2.45. The second-order valence-electron chi connectivity index (χ2n) is 12.0. The van der Waals surface area contributed by atoms with E-state index in [1.165, 1.54) is 12.1 Å². The minimum absolute atomic E-state index is 0.0993. The molecule has 1 fully saturated rings. The minimum Gasteiger partial charge on any atom is -0.493 e. The molecule has 2 aromatic carbocycles. The van der Waals surface area contributed by atoms with Crippen molar-refractivity contribution in [1.29, 1.82) is 0 Å². The molecule has 1 aliphatic heterocycles. The molecular formula is C34H39FN4O3. The number of benzene rings is 2. The summed E-state index contributed by atoms with van der Waals surface area (Å²) >= 11 is 0. The standard InChI is InChI=1S/C34H39FN4O3/c1-22-28(20-30(40)41)33(39-17-15-34(3,4)16-18-39)31(32(36-22)29-21-38(5)37-23(29)2)25-8-12-27(13-9-25)42-19-14-24-6-10-26(35)11-7-24/h6-13,21H,14-20H2,1-5H3,(H,40,41). The Hall–Kier alpha value is -4.20. The molecule has 0 amide bonds. The molecule has 1 saturated heterocycles.